The summed E-state index contributed by atoms with van der Waals surface area (Å²) in [7, 11) is -3.45. The van der Waals surface area contributed by atoms with Crippen molar-refractivity contribution in [3.8, 4) is 0 Å². The van der Waals surface area contributed by atoms with Gasteiger partial charge in [-0.05, 0) is 36.8 Å². The molecule has 0 bridgehead atoms. The van der Waals surface area contributed by atoms with Crippen LogP contribution in [0.2, 0.25) is 0 Å². The van der Waals surface area contributed by atoms with E-state index >= 15 is 0 Å². The summed E-state index contributed by atoms with van der Waals surface area (Å²) in [6.07, 6.45) is 0. The Bertz CT molecular complexity index is 876. The van der Waals surface area contributed by atoms with Crippen molar-refractivity contribution in [2.45, 2.75) is 32.2 Å². The van der Waals surface area contributed by atoms with E-state index in [2.05, 4.69) is 5.32 Å². The van der Waals surface area contributed by atoms with Crippen LogP contribution in [0.15, 0.2) is 47.4 Å². The average molecular weight is 377 g/mol. The number of anilines is 1. The van der Waals surface area contributed by atoms with Crippen LogP contribution in [0.25, 0.3) is 0 Å². The lowest BCUT2D eigenvalue weighted by Gasteiger charge is -2.18. The van der Waals surface area contributed by atoms with E-state index in [4.69, 9.17) is 0 Å². The summed E-state index contributed by atoms with van der Waals surface area (Å²) in [5.41, 5.74) is 2.36. The molecule has 0 aliphatic carbocycles. The number of hydrogen-bond donors (Lipinski definition) is 1. The maximum absolute atomic E-state index is 12.5. The van der Waals surface area contributed by atoms with Gasteiger partial charge in [0.1, 0.15) is 0 Å². The van der Waals surface area contributed by atoms with Gasteiger partial charge in [-0.3, -0.25) is 10.1 Å². The normalized spacial score (nSPS) is 11.5. The van der Waals surface area contributed by atoms with E-state index in [1.165, 1.54) is 10.4 Å². The van der Waals surface area contributed by atoms with Crippen LogP contribution in [0, 0.1) is 17.0 Å². The molecule has 0 saturated heterocycles. The van der Waals surface area contributed by atoms with Crippen LogP contribution >= 0.6 is 0 Å². The molecule has 0 unspecified atom stereocenters. The summed E-state index contributed by atoms with van der Waals surface area (Å²) < 4.78 is 26.3. The van der Waals surface area contributed by atoms with Gasteiger partial charge in [-0.1, -0.05) is 26.0 Å². The Balaban J connectivity index is 2.08. The van der Waals surface area contributed by atoms with Crippen molar-refractivity contribution in [3.63, 3.8) is 0 Å². The highest BCUT2D eigenvalue weighted by atomic mass is 32.2. The molecule has 0 aliphatic heterocycles. The van der Waals surface area contributed by atoms with Gasteiger partial charge in [-0.25, -0.2) is 8.42 Å². The fraction of sp³-hybridized carbons (Fsp3) is 0.333. The standard InChI is InChI=1S/C18H23N3O4S/c1-4-20(5-2)26(24,25)17-9-6-15(7-10-17)13-19-16-8-11-18(21(22)23)14(3)12-16/h6-12,19H,4-5,13H2,1-3H3. The predicted octanol–water partition coefficient (Wildman–Crippen LogP) is 3.55. The van der Waals surface area contributed by atoms with Gasteiger partial charge in [0.25, 0.3) is 5.69 Å². The number of aryl methyl sites for hydroxylation is 1. The topological polar surface area (TPSA) is 92.6 Å². The maximum Gasteiger partial charge on any atom is 0.272 e. The van der Waals surface area contributed by atoms with E-state index in [9.17, 15) is 18.5 Å². The molecule has 0 atom stereocenters. The summed E-state index contributed by atoms with van der Waals surface area (Å²) in [5.74, 6) is 0. The molecule has 1 N–H and O–H groups in total. The van der Waals surface area contributed by atoms with Gasteiger partial charge in [0.05, 0.1) is 9.82 Å². The third-order valence-corrected chi connectivity index (χ3v) is 6.22. The van der Waals surface area contributed by atoms with Gasteiger partial charge < -0.3 is 5.32 Å². The number of nitrogens with one attached hydrogen (secondary N) is 1. The molecule has 0 fully saturated rings. The quantitative estimate of drug-likeness (QED) is 0.561. The predicted molar refractivity (Wildman–Crippen MR) is 102 cm³/mol. The summed E-state index contributed by atoms with van der Waals surface area (Å²) in [5, 5.41) is 14.0. The molecule has 26 heavy (non-hydrogen) atoms. The van der Waals surface area contributed by atoms with Gasteiger partial charge in [-0.2, -0.15) is 4.31 Å². The molecule has 0 spiro atoms. The first kappa shape index (κ1) is 19.9. The highest BCUT2D eigenvalue weighted by Crippen LogP contribution is 2.22. The molecule has 0 aromatic heterocycles. The Morgan fingerprint density at radius 1 is 1.08 bits per heavy atom. The van der Waals surface area contributed by atoms with E-state index in [1.807, 2.05) is 13.8 Å². The fourth-order valence-electron chi connectivity index (χ4n) is 2.67. The monoisotopic (exact) mass is 377 g/mol. The smallest absolute Gasteiger partial charge is 0.272 e. The molecule has 7 nitrogen and oxygen atoms in total. The van der Waals surface area contributed by atoms with E-state index in [-0.39, 0.29) is 10.6 Å². The van der Waals surface area contributed by atoms with Crippen molar-refractivity contribution in [1.82, 2.24) is 4.31 Å². The van der Waals surface area contributed by atoms with Gasteiger partial charge in [-0.15, -0.1) is 0 Å². The van der Waals surface area contributed by atoms with Crippen LogP contribution in [-0.2, 0) is 16.6 Å². The van der Waals surface area contributed by atoms with Crippen molar-refractivity contribution in [2.75, 3.05) is 18.4 Å². The Morgan fingerprint density at radius 2 is 1.69 bits per heavy atom. The lowest BCUT2D eigenvalue weighted by atomic mass is 10.1. The van der Waals surface area contributed by atoms with Crippen LogP contribution in [0.5, 0.6) is 0 Å². The Kier molecular flexibility index (Phi) is 6.33. The van der Waals surface area contributed by atoms with Crippen molar-refractivity contribution < 1.29 is 13.3 Å². The number of nitrogens with zero attached hydrogens (tertiary/aromatic N) is 2. The molecule has 2 aromatic carbocycles. The number of sulfonamides is 1. The number of benzene rings is 2. The highest BCUT2D eigenvalue weighted by Gasteiger charge is 2.21. The van der Waals surface area contributed by atoms with Crippen LogP contribution in [0.3, 0.4) is 0 Å². The summed E-state index contributed by atoms with van der Waals surface area (Å²) in [6, 6.07) is 11.6. The summed E-state index contributed by atoms with van der Waals surface area (Å²) in [4.78, 5) is 10.7. The van der Waals surface area contributed by atoms with E-state index in [0.29, 0.717) is 25.2 Å². The van der Waals surface area contributed by atoms with Crippen molar-refractivity contribution in [1.29, 1.82) is 0 Å². The van der Waals surface area contributed by atoms with Gasteiger partial charge >= 0.3 is 0 Å². The first-order chi connectivity index (χ1) is 12.3. The van der Waals surface area contributed by atoms with Crippen molar-refractivity contribution >= 4 is 21.4 Å². The lowest BCUT2D eigenvalue weighted by Crippen LogP contribution is -2.30. The molecule has 0 heterocycles. The zero-order chi connectivity index (χ0) is 19.3. The Morgan fingerprint density at radius 3 is 2.19 bits per heavy atom. The molecule has 140 valence electrons. The first-order valence-electron chi connectivity index (χ1n) is 8.37. The zero-order valence-corrected chi connectivity index (χ0v) is 15.9. The molecule has 8 heteroatoms. The maximum atomic E-state index is 12.5. The summed E-state index contributed by atoms with van der Waals surface area (Å²) >= 11 is 0. The number of nitro benzene ring substituents is 1. The van der Waals surface area contributed by atoms with Gasteiger partial charge in [0, 0.05) is 37.0 Å². The molecule has 0 aliphatic rings. The SMILES string of the molecule is CCN(CC)S(=O)(=O)c1ccc(CNc2ccc([N+](=O)[O-])c(C)c2)cc1. The zero-order valence-electron chi connectivity index (χ0n) is 15.1. The number of rotatable bonds is 8. The van der Waals surface area contributed by atoms with E-state index < -0.39 is 14.9 Å². The van der Waals surface area contributed by atoms with Crippen molar-refractivity contribution in [2.24, 2.45) is 0 Å². The molecular formula is C18H23N3O4S. The largest absolute Gasteiger partial charge is 0.381 e. The second-order valence-corrected chi connectivity index (χ2v) is 7.78. The minimum atomic E-state index is -3.45. The molecular weight excluding hydrogens is 354 g/mol. The minimum absolute atomic E-state index is 0.0847. The average Bonchev–Trinajstić information content (AvgIpc) is 2.61. The summed E-state index contributed by atoms with van der Waals surface area (Å²) in [6.45, 7) is 6.67. The third kappa shape index (κ3) is 4.39. The molecule has 2 aromatic rings. The second kappa shape index (κ2) is 8.29. The Hall–Kier alpha value is -2.45. The third-order valence-electron chi connectivity index (χ3n) is 4.16. The second-order valence-electron chi connectivity index (χ2n) is 5.85. The Labute approximate surface area is 153 Å². The van der Waals surface area contributed by atoms with E-state index in [0.717, 1.165) is 11.3 Å². The first-order valence-corrected chi connectivity index (χ1v) is 9.81. The van der Waals surface area contributed by atoms with Gasteiger partial charge in [0.15, 0.2) is 0 Å². The van der Waals surface area contributed by atoms with E-state index in [1.54, 1.807) is 43.3 Å². The molecule has 2 rings (SSSR count). The van der Waals surface area contributed by atoms with Gasteiger partial charge in [0.2, 0.25) is 10.0 Å². The molecule has 0 saturated carbocycles. The molecule has 0 amide bonds. The number of nitro groups is 1. The van der Waals surface area contributed by atoms with Crippen molar-refractivity contribution in [3.05, 3.63) is 63.7 Å². The van der Waals surface area contributed by atoms with Crippen LogP contribution < -0.4 is 5.32 Å². The van der Waals surface area contributed by atoms with Crippen LogP contribution in [0.4, 0.5) is 11.4 Å². The number of hydrogen-bond acceptors (Lipinski definition) is 5. The lowest BCUT2D eigenvalue weighted by molar-refractivity contribution is -0.385. The highest BCUT2D eigenvalue weighted by molar-refractivity contribution is 7.89. The fourth-order valence-corrected chi connectivity index (χ4v) is 4.12. The molecule has 0 radical (unpaired) electrons. The van der Waals surface area contributed by atoms with Crippen LogP contribution in [-0.4, -0.2) is 30.7 Å². The van der Waals surface area contributed by atoms with Crippen LogP contribution in [0.1, 0.15) is 25.0 Å². The minimum Gasteiger partial charge on any atom is -0.381 e.